The van der Waals surface area contributed by atoms with Crippen LogP contribution in [0, 0.1) is 0 Å². The molecule has 9 aromatic carbocycles. The molecule has 0 radical (unpaired) electrons. The molecule has 0 unspecified atom stereocenters. The number of rotatable bonds is 20. The SMILES string of the molecule is CCCN1CCN(CCCN2c3ccccc3Sc3ccc(C(F)(F)F)cc32)CC1.CCCN1CCN(CCCN2c3ccccc3Sc3ccc(Cl)cc32)CC1.CN1CCN(CCCN2c3ccccc3Sc3ccc(C(F)(F)F)cc32)CC1.CN1CCN(CCCN2c3ccccc3Sc3ccc(Cl)cc32)CC1.Clc1ccc2c(c1)CCc1cccnc1C2=C1CCNCC1. The second-order valence-electron chi connectivity index (χ2n) is 35.6. The summed E-state index contributed by atoms with van der Waals surface area (Å²) in [6.45, 7) is 34.9. The van der Waals surface area contributed by atoms with E-state index in [9.17, 15) is 26.3 Å². The maximum atomic E-state index is 13.3. The number of benzene rings is 9. The van der Waals surface area contributed by atoms with Gasteiger partial charge in [-0.05, 0) is 287 Å². The van der Waals surface area contributed by atoms with Crippen molar-refractivity contribution in [3.63, 3.8) is 0 Å². The quantitative estimate of drug-likeness (QED) is 0.0736. The molecular weight excluding hydrogens is 1810 g/mol. The van der Waals surface area contributed by atoms with Crippen LogP contribution in [0.3, 0.4) is 0 Å². The highest BCUT2D eigenvalue weighted by atomic mass is 35.5. The standard InChI is InChI=1S/C23H28F3N3S.C22H28ClN3S.C21H24F3N3S.C20H24ClN3S.C19H19ClN2/c1-2-10-27-13-15-28(16-14-27)11-5-12-29-19-6-3-4-7-21(19)30-22-9-8-18(17-20(22)29)23(24,25)26;1-2-10-24-13-15-25(16-14-24)11-5-12-26-19-6-3-4-7-21(19)27-22-9-8-18(23)17-20(22)26;1-25-11-13-26(14-12-25)9-4-10-27-17-5-2-3-6-19(17)28-20-8-7-16(15-18(20)27)21(22,23)24;1-22-11-13-23(14-12-22)9-4-10-24-17-5-2-3-6-19(17)25-20-8-7-16(21)15-18(20)24;20-16-5-6-17-15(12-16)4-3-14-2-1-9-22-19(14)18(17)13-7-10-21-11-8-13/h3-4,6-9,17H,2,5,10-16H2,1H3;3-4,6-9,17H,2,5,10-16H2,1H3;2-3,5-8,15H,4,9-14H2,1H3;2-3,5-8,15H,4,9-14H2,1H3;1-2,5-6,9,12,21H,3-4,7-8,10-11H2. The molecule has 10 aromatic rings. The van der Waals surface area contributed by atoms with E-state index in [0.717, 1.165) is 196 Å². The lowest BCUT2D eigenvalue weighted by atomic mass is 9.89. The maximum Gasteiger partial charge on any atom is 0.416 e. The second kappa shape index (κ2) is 46.6. The van der Waals surface area contributed by atoms with Gasteiger partial charge in [0.15, 0.2) is 0 Å². The molecule has 20 rings (SSSR count). The van der Waals surface area contributed by atoms with Crippen molar-refractivity contribution in [2.24, 2.45) is 0 Å². The Hall–Kier alpha value is -7.44. The zero-order valence-corrected chi connectivity index (χ0v) is 81.9. The number of anilines is 8. The van der Waals surface area contributed by atoms with Crippen LogP contribution in [0.5, 0.6) is 0 Å². The molecule has 5 fully saturated rings. The van der Waals surface area contributed by atoms with Crippen LogP contribution in [0.2, 0.25) is 15.1 Å². The molecule has 0 saturated carbocycles. The van der Waals surface area contributed by atoms with Crippen molar-refractivity contribution >= 4 is 133 Å². The Balaban J connectivity index is 0.000000121. The molecule has 14 nitrogen and oxygen atoms in total. The van der Waals surface area contributed by atoms with Gasteiger partial charge in [-0.1, -0.05) is 162 Å². The normalized spacial score (nSPS) is 17.8. The minimum absolute atomic E-state index is 0.585. The Morgan fingerprint density at radius 2 is 0.629 bits per heavy atom. The summed E-state index contributed by atoms with van der Waals surface area (Å²) in [5, 5.41) is 5.90. The van der Waals surface area contributed by atoms with Crippen LogP contribution in [0.1, 0.15) is 98.7 Å². The summed E-state index contributed by atoms with van der Waals surface area (Å²) in [4.78, 5) is 42.9. The molecule has 27 heteroatoms. The largest absolute Gasteiger partial charge is 0.416 e. The number of fused-ring (bicyclic) bond motifs is 10. The number of aryl methyl sites for hydroxylation is 2. The van der Waals surface area contributed by atoms with Crippen molar-refractivity contribution in [2.45, 2.75) is 130 Å². The average Bonchev–Trinajstić information content (AvgIpc) is 1.10. The van der Waals surface area contributed by atoms with E-state index in [2.05, 4.69) is 183 Å². The monoisotopic (exact) mass is 1930 g/mol. The molecular formula is C105H123Cl3F6N14S4. The van der Waals surface area contributed by atoms with Crippen LogP contribution in [0.4, 0.5) is 71.8 Å². The number of alkyl halides is 6. The van der Waals surface area contributed by atoms with Gasteiger partial charge in [-0.25, -0.2) is 0 Å². The lowest BCUT2D eigenvalue weighted by Gasteiger charge is -2.36. The van der Waals surface area contributed by atoms with E-state index in [1.807, 2.05) is 103 Å². The third-order valence-electron chi connectivity index (χ3n) is 26.4. The Morgan fingerprint density at radius 1 is 0.318 bits per heavy atom. The van der Waals surface area contributed by atoms with Gasteiger partial charge in [0.25, 0.3) is 0 Å². The highest BCUT2D eigenvalue weighted by Gasteiger charge is 2.37. The Kier molecular flexibility index (Phi) is 34.5. The topological polar surface area (TPSA) is 63.8 Å². The Morgan fingerprint density at radius 3 is 0.992 bits per heavy atom. The van der Waals surface area contributed by atoms with Gasteiger partial charge in [0, 0.05) is 197 Å². The van der Waals surface area contributed by atoms with Crippen molar-refractivity contribution in [3.8, 4) is 0 Å². The fraction of sp³-hybridized carbons (Fsp3) is 0.419. The number of aromatic nitrogens is 1. The summed E-state index contributed by atoms with van der Waals surface area (Å²) in [5.74, 6) is 0. The van der Waals surface area contributed by atoms with E-state index in [0.29, 0.717) is 24.5 Å². The molecule has 132 heavy (non-hydrogen) atoms. The average molecular weight is 1930 g/mol. The number of halogens is 9. The van der Waals surface area contributed by atoms with Crippen molar-refractivity contribution in [1.82, 2.24) is 49.5 Å². The predicted molar refractivity (Wildman–Crippen MR) is 540 cm³/mol. The Bertz CT molecular complexity index is 5520. The van der Waals surface area contributed by atoms with Gasteiger partial charge in [-0.15, -0.1) is 0 Å². The van der Waals surface area contributed by atoms with Gasteiger partial charge in [0.05, 0.1) is 62.3 Å². The highest BCUT2D eigenvalue weighted by Crippen LogP contribution is 2.54. The number of pyridine rings is 1. The first-order valence-electron chi connectivity index (χ1n) is 47.2. The molecule has 700 valence electrons. The predicted octanol–water partition coefficient (Wildman–Crippen LogP) is 24.6. The number of nitrogens with one attached hydrogen (secondary N) is 1. The zero-order valence-electron chi connectivity index (χ0n) is 76.3. The molecule has 5 saturated heterocycles. The summed E-state index contributed by atoms with van der Waals surface area (Å²) in [7, 11) is 4.34. The van der Waals surface area contributed by atoms with Gasteiger partial charge in [0.2, 0.25) is 0 Å². The molecule has 0 bridgehead atoms. The first kappa shape index (κ1) is 97.6. The zero-order chi connectivity index (χ0) is 91.7. The molecule has 1 N–H and O–H groups in total. The number of hydrogen-bond acceptors (Lipinski definition) is 18. The Labute approximate surface area is 809 Å². The smallest absolute Gasteiger partial charge is 0.340 e. The highest BCUT2D eigenvalue weighted by molar-refractivity contribution is 8.00. The fourth-order valence-corrected chi connectivity index (χ4v) is 24.1. The third kappa shape index (κ3) is 25.3. The summed E-state index contributed by atoms with van der Waals surface area (Å²) < 4.78 is 79.8. The molecule has 10 aliphatic rings. The molecule has 1 aromatic heterocycles. The van der Waals surface area contributed by atoms with Crippen molar-refractivity contribution in [3.05, 3.63) is 261 Å². The van der Waals surface area contributed by atoms with Crippen molar-refractivity contribution in [1.29, 1.82) is 0 Å². The van der Waals surface area contributed by atoms with Gasteiger partial charge in [-0.3, -0.25) is 4.98 Å². The van der Waals surface area contributed by atoms with E-state index >= 15 is 0 Å². The fourth-order valence-electron chi connectivity index (χ4n) is 19.2. The third-order valence-corrected chi connectivity index (χ3v) is 31.6. The molecule has 0 spiro atoms. The van der Waals surface area contributed by atoms with E-state index in [1.165, 1.54) is 185 Å². The molecule has 0 amide bonds. The number of piperazine rings is 4. The van der Waals surface area contributed by atoms with Gasteiger partial charge >= 0.3 is 12.4 Å². The molecule has 0 atom stereocenters. The van der Waals surface area contributed by atoms with Gasteiger partial charge in [0.1, 0.15) is 0 Å². The summed E-state index contributed by atoms with van der Waals surface area (Å²) in [6.07, 6.45) is 4.13. The first-order valence-corrected chi connectivity index (χ1v) is 51.6. The summed E-state index contributed by atoms with van der Waals surface area (Å²) in [6, 6.07) is 64.6. The van der Waals surface area contributed by atoms with Crippen LogP contribution < -0.4 is 24.9 Å². The summed E-state index contributed by atoms with van der Waals surface area (Å²) in [5.41, 5.74) is 15.4. The lowest BCUT2D eigenvalue weighted by molar-refractivity contribution is -0.138. The number of likely N-dealkylation sites (N-methyl/N-ethyl adjacent to an activating group) is 2. The van der Waals surface area contributed by atoms with Gasteiger partial charge in [-0.2, -0.15) is 26.3 Å². The number of nitrogens with zero attached hydrogens (tertiary/aromatic N) is 13. The first-order chi connectivity index (χ1) is 64.1. The lowest BCUT2D eigenvalue weighted by Crippen LogP contribution is -2.47. The van der Waals surface area contributed by atoms with Crippen LogP contribution in [0.15, 0.2) is 251 Å². The number of hydrogen-bond donors (Lipinski definition) is 1. The van der Waals surface area contributed by atoms with Crippen LogP contribution >= 0.6 is 81.9 Å². The maximum absolute atomic E-state index is 13.3. The molecule has 10 heterocycles. The van der Waals surface area contributed by atoms with Crippen LogP contribution in [-0.4, -0.2) is 242 Å². The van der Waals surface area contributed by atoms with Crippen molar-refractivity contribution in [2.75, 3.05) is 217 Å². The van der Waals surface area contributed by atoms with E-state index in [-0.39, 0.29) is 0 Å². The molecule has 1 aliphatic carbocycles. The minimum atomic E-state index is -4.33. The number of para-hydroxylation sites is 4. The van der Waals surface area contributed by atoms with Crippen LogP contribution in [-0.2, 0) is 25.2 Å². The van der Waals surface area contributed by atoms with Crippen molar-refractivity contribution < 1.29 is 26.3 Å². The van der Waals surface area contributed by atoms with E-state index < -0.39 is 23.5 Å². The number of piperidine rings is 1. The van der Waals surface area contributed by atoms with Crippen LogP contribution in [0.25, 0.3) is 5.57 Å². The summed E-state index contributed by atoms with van der Waals surface area (Å²) >= 11 is 25.6. The second-order valence-corrected chi connectivity index (χ2v) is 41.2. The van der Waals surface area contributed by atoms with E-state index in [4.69, 9.17) is 39.8 Å². The van der Waals surface area contributed by atoms with E-state index in [1.54, 1.807) is 35.7 Å². The van der Waals surface area contributed by atoms with Gasteiger partial charge < -0.3 is 64.1 Å². The minimum Gasteiger partial charge on any atom is -0.340 e. The molecule has 9 aliphatic heterocycles.